The van der Waals surface area contributed by atoms with Crippen molar-refractivity contribution in [3.05, 3.63) is 34.5 Å². The van der Waals surface area contributed by atoms with Crippen LogP contribution < -0.4 is 5.73 Å². The van der Waals surface area contributed by atoms with Gasteiger partial charge in [-0.05, 0) is 22.0 Å². The molecule has 0 spiro atoms. The van der Waals surface area contributed by atoms with Crippen LogP contribution in [0.5, 0.6) is 0 Å². The molecule has 0 aliphatic carbocycles. The summed E-state index contributed by atoms with van der Waals surface area (Å²) < 4.78 is 7.46. The summed E-state index contributed by atoms with van der Waals surface area (Å²) in [7, 11) is 1.83. The molecule has 5 nitrogen and oxygen atoms in total. The summed E-state index contributed by atoms with van der Waals surface area (Å²) in [4.78, 5) is 0. The van der Waals surface area contributed by atoms with Crippen LogP contribution in [-0.4, -0.2) is 15.0 Å². The number of aryl methyl sites for hydroxylation is 1. The molecule has 1 atom stereocenters. The predicted molar refractivity (Wildman–Crippen MR) is 58.0 cm³/mol. The molecule has 2 aromatic heterocycles. The molecule has 0 radical (unpaired) electrons. The first-order valence-electron chi connectivity index (χ1n) is 4.50. The summed E-state index contributed by atoms with van der Waals surface area (Å²) >= 11 is 3.30. The van der Waals surface area contributed by atoms with E-state index in [0.29, 0.717) is 11.1 Å². The molecule has 2 heterocycles. The van der Waals surface area contributed by atoms with Crippen LogP contribution >= 0.6 is 15.9 Å². The molecule has 0 aromatic carbocycles. The molecule has 15 heavy (non-hydrogen) atoms. The van der Waals surface area contributed by atoms with Gasteiger partial charge in [0.2, 0.25) is 0 Å². The van der Waals surface area contributed by atoms with Crippen molar-refractivity contribution in [1.29, 1.82) is 0 Å². The van der Waals surface area contributed by atoms with Gasteiger partial charge in [-0.25, -0.2) is 0 Å². The van der Waals surface area contributed by atoms with Crippen molar-refractivity contribution in [2.45, 2.75) is 12.5 Å². The Morgan fingerprint density at radius 3 is 3.00 bits per heavy atom. The van der Waals surface area contributed by atoms with E-state index in [9.17, 15) is 0 Å². The van der Waals surface area contributed by atoms with E-state index in [1.807, 2.05) is 19.3 Å². The Hall–Kier alpha value is -1.14. The summed E-state index contributed by atoms with van der Waals surface area (Å²) in [6.45, 7) is 0. The molecule has 0 fully saturated rings. The fourth-order valence-corrected chi connectivity index (χ4v) is 1.93. The minimum Gasteiger partial charge on any atom is -0.457 e. The molecule has 0 aliphatic heterocycles. The lowest BCUT2D eigenvalue weighted by Crippen LogP contribution is -2.13. The maximum absolute atomic E-state index is 6.01. The summed E-state index contributed by atoms with van der Waals surface area (Å²) in [5.74, 6) is 0. The van der Waals surface area contributed by atoms with Gasteiger partial charge in [-0.2, -0.15) is 0 Å². The Morgan fingerprint density at radius 1 is 1.67 bits per heavy atom. The third kappa shape index (κ3) is 2.27. The number of furan rings is 1. The number of hydrogen-bond acceptors (Lipinski definition) is 4. The maximum Gasteiger partial charge on any atom is 0.173 e. The van der Waals surface area contributed by atoms with Crippen molar-refractivity contribution in [1.82, 2.24) is 15.0 Å². The molecule has 1 unspecified atom stereocenters. The Kier molecular flexibility index (Phi) is 2.88. The van der Waals surface area contributed by atoms with Crippen LogP contribution in [0.25, 0.3) is 0 Å². The monoisotopic (exact) mass is 270 g/mol. The minimum atomic E-state index is -0.130. The zero-order valence-corrected chi connectivity index (χ0v) is 9.81. The number of rotatable bonds is 3. The Bertz CT molecular complexity index is 450. The van der Waals surface area contributed by atoms with Crippen LogP contribution in [0.4, 0.5) is 0 Å². The molecular formula is C9H11BrN4O. The highest BCUT2D eigenvalue weighted by atomic mass is 79.9. The zero-order valence-electron chi connectivity index (χ0n) is 8.22. The molecule has 80 valence electrons. The molecule has 0 aliphatic rings. The van der Waals surface area contributed by atoms with Crippen molar-refractivity contribution >= 4 is 15.9 Å². The number of halogens is 1. The van der Waals surface area contributed by atoms with Gasteiger partial charge in [0.25, 0.3) is 0 Å². The maximum atomic E-state index is 6.01. The first-order valence-corrected chi connectivity index (χ1v) is 5.30. The average molecular weight is 271 g/mol. The van der Waals surface area contributed by atoms with E-state index >= 15 is 0 Å². The molecule has 0 saturated carbocycles. The van der Waals surface area contributed by atoms with Crippen molar-refractivity contribution < 1.29 is 4.42 Å². The standard InChI is InChI=1S/C9H11BrN4O/c1-14-5-6(12-13-14)4-8(11)7-2-3-15-9(7)10/h2-3,5,8H,4,11H2,1H3. The largest absolute Gasteiger partial charge is 0.457 e. The van der Waals surface area contributed by atoms with Gasteiger partial charge in [0, 0.05) is 31.3 Å². The lowest BCUT2D eigenvalue weighted by molar-refractivity contribution is 0.530. The van der Waals surface area contributed by atoms with Gasteiger partial charge in [-0.1, -0.05) is 5.21 Å². The minimum absolute atomic E-state index is 0.130. The van der Waals surface area contributed by atoms with Gasteiger partial charge in [-0.15, -0.1) is 5.10 Å². The number of hydrogen-bond donors (Lipinski definition) is 1. The van der Waals surface area contributed by atoms with E-state index in [2.05, 4.69) is 26.2 Å². The molecule has 0 bridgehead atoms. The molecule has 0 saturated heterocycles. The molecule has 0 amide bonds. The van der Waals surface area contributed by atoms with Crippen molar-refractivity contribution in [3.63, 3.8) is 0 Å². The summed E-state index contributed by atoms with van der Waals surface area (Å²) in [6, 6.07) is 1.72. The quantitative estimate of drug-likeness (QED) is 0.916. The summed E-state index contributed by atoms with van der Waals surface area (Å²) in [5, 5.41) is 7.83. The first-order chi connectivity index (χ1) is 7.16. The number of nitrogens with two attached hydrogens (primary N) is 1. The molecule has 6 heteroatoms. The zero-order chi connectivity index (χ0) is 10.8. The van der Waals surface area contributed by atoms with Gasteiger partial charge in [0.1, 0.15) is 0 Å². The number of aromatic nitrogens is 3. The van der Waals surface area contributed by atoms with Crippen LogP contribution in [0.3, 0.4) is 0 Å². The molecule has 2 N–H and O–H groups in total. The van der Waals surface area contributed by atoms with Crippen molar-refractivity contribution in [2.24, 2.45) is 12.8 Å². The van der Waals surface area contributed by atoms with Crippen LogP contribution in [0.2, 0.25) is 0 Å². The predicted octanol–water partition coefficient (Wildman–Crippen LogP) is 1.41. The van der Waals surface area contributed by atoms with E-state index in [0.717, 1.165) is 11.3 Å². The molecular weight excluding hydrogens is 260 g/mol. The Labute approximate surface area is 95.4 Å². The van der Waals surface area contributed by atoms with Crippen LogP contribution in [-0.2, 0) is 13.5 Å². The second-order valence-electron chi connectivity index (χ2n) is 3.34. The third-order valence-electron chi connectivity index (χ3n) is 2.12. The van der Waals surface area contributed by atoms with Crippen LogP contribution in [0, 0.1) is 0 Å². The van der Waals surface area contributed by atoms with E-state index < -0.39 is 0 Å². The normalized spacial score (nSPS) is 13.0. The van der Waals surface area contributed by atoms with Gasteiger partial charge in [0.05, 0.1) is 12.0 Å². The number of nitrogens with zero attached hydrogens (tertiary/aromatic N) is 3. The Balaban J connectivity index is 2.10. The lowest BCUT2D eigenvalue weighted by Gasteiger charge is -2.06. The molecule has 2 aromatic rings. The van der Waals surface area contributed by atoms with E-state index in [-0.39, 0.29) is 6.04 Å². The highest BCUT2D eigenvalue weighted by molar-refractivity contribution is 9.10. The van der Waals surface area contributed by atoms with Crippen LogP contribution in [0.1, 0.15) is 17.3 Å². The van der Waals surface area contributed by atoms with Gasteiger partial charge >= 0.3 is 0 Å². The second kappa shape index (κ2) is 4.16. The molecule has 2 rings (SSSR count). The van der Waals surface area contributed by atoms with Gasteiger partial charge in [0.15, 0.2) is 4.67 Å². The van der Waals surface area contributed by atoms with Gasteiger partial charge < -0.3 is 10.2 Å². The Morgan fingerprint density at radius 2 is 2.47 bits per heavy atom. The van der Waals surface area contributed by atoms with Crippen LogP contribution in [0.15, 0.2) is 27.6 Å². The fourth-order valence-electron chi connectivity index (χ4n) is 1.39. The van der Waals surface area contributed by atoms with E-state index in [4.69, 9.17) is 10.2 Å². The SMILES string of the molecule is Cn1cc(CC(N)c2ccoc2Br)nn1. The smallest absolute Gasteiger partial charge is 0.173 e. The van der Waals surface area contributed by atoms with E-state index in [1.54, 1.807) is 10.9 Å². The fraction of sp³-hybridized carbons (Fsp3) is 0.333. The van der Waals surface area contributed by atoms with E-state index in [1.165, 1.54) is 0 Å². The topological polar surface area (TPSA) is 69.9 Å². The highest BCUT2D eigenvalue weighted by Gasteiger charge is 2.14. The second-order valence-corrected chi connectivity index (χ2v) is 4.06. The first kappa shape index (κ1) is 10.4. The van der Waals surface area contributed by atoms with Crippen molar-refractivity contribution in [2.75, 3.05) is 0 Å². The van der Waals surface area contributed by atoms with Crippen molar-refractivity contribution in [3.8, 4) is 0 Å². The lowest BCUT2D eigenvalue weighted by atomic mass is 10.1. The average Bonchev–Trinajstić information content (AvgIpc) is 2.75. The third-order valence-corrected chi connectivity index (χ3v) is 2.77. The highest BCUT2D eigenvalue weighted by Crippen LogP contribution is 2.24. The van der Waals surface area contributed by atoms with Gasteiger partial charge in [-0.3, -0.25) is 4.68 Å². The summed E-state index contributed by atoms with van der Waals surface area (Å²) in [5.41, 5.74) is 7.83. The summed E-state index contributed by atoms with van der Waals surface area (Å²) in [6.07, 6.45) is 4.11.